The van der Waals surface area contributed by atoms with Gasteiger partial charge in [0.15, 0.2) is 0 Å². The fraction of sp³-hybridized carbons (Fsp3) is 0.474. The van der Waals surface area contributed by atoms with Crippen molar-refractivity contribution < 1.29 is 14.3 Å². The van der Waals surface area contributed by atoms with Crippen LogP contribution in [0.25, 0.3) is 0 Å². The van der Waals surface area contributed by atoms with Crippen LogP contribution in [-0.4, -0.2) is 44.1 Å². The molecule has 6 heteroatoms. The number of ether oxygens (including phenoxy) is 1. The topological polar surface area (TPSA) is 79.5 Å². The molecule has 1 aromatic rings. The maximum atomic E-state index is 12.7. The van der Waals surface area contributed by atoms with E-state index in [-0.39, 0.29) is 17.9 Å². The molecule has 0 radical (unpaired) electrons. The second-order valence-corrected chi connectivity index (χ2v) is 6.77. The van der Waals surface area contributed by atoms with Crippen molar-refractivity contribution in [2.75, 3.05) is 26.2 Å². The quantitative estimate of drug-likeness (QED) is 0.619. The van der Waals surface area contributed by atoms with Crippen LogP contribution in [-0.2, 0) is 4.79 Å². The van der Waals surface area contributed by atoms with Crippen molar-refractivity contribution in [3.05, 3.63) is 42.0 Å². The molecule has 3 rings (SSSR count). The zero-order valence-corrected chi connectivity index (χ0v) is 14.5. The van der Waals surface area contributed by atoms with Gasteiger partial charge in [-0.25, -0.2) is 0 Å². The van der Waals surface area contributed by atoms with Crippen molar-refractivity contribution in [3.8, 4) is 5.75 Å². The molecule has 134 valence electrons. The summed E-state index contributed by atoms with van der Waals surface area (Å²) in [5.74, 6) is 0.410. The first-order chi connectivity index (χ1) is 12.1. The van der Waals surface area contributed by atoms with Gasteiger partial charge in [0.25, 0.3) is 5.91 Å². The zero-order chi connectivity index (χ0) is 17.7. The third-order valence-electron chi connectivity index (χ3n) is 4.81. The lowest BCUT2D eigenvalue weighted by Gasteiger charge is -2.27. The molecule has 25 heavy (non-hydrogen) atoms. The Bertz CT molecular complexity index is 666. The van der Waals surface area contributed by atoms with Crippen LogP contribution >= 0.6 is 0 Å². The summed E-state index contributed by atoms with van der Waals surface area (Å²) >= 11 is 0. The Morgan fingerprint density at radius 3 is 2.84 bits per heavy atom. The molecule has 2 heterocycles. The summed E-state index contributed by atoms with van der Waals surface area (Å²) < 4.78 is 5.75. The highest BCUT2D eigenvalue weighted by Gasteiger charge is 2.40. The van der Waals surface area contributed by atoms with Gasteiger partial charge in [0.05, 0.1) is 11.0 Å². The van der Waals surface area contributed by atoms with E-state index in [4.69, 9.17) is 4.74 Å². The van der Waals surface area contributed by atoms with E-state index < -0.39 is 5.41 Å². The molecule has 1 saturated heterocycles. The fourth-order valence-electron chi connectivity index (χ4n) is 3.29. The summed E-state index contributed by atoms with van der Waals surface area (Å²) in [4.78, 5) is 25.2. The van der Waals surface area contributed by atoms with Crippen molar-refractivity contribution >= 4 is 11.8 Å². The van der Waals surface area contributed by atoms with Crippen LogP contribution < -0.4 is 20.7 Å². The number of benzene rings is 1. The first-order valence-corrected chi connectivity index (χ1v) is 8.77. The first kappa shape index (κ1) is 17.5. The standard InChI is InChI=1S/C19H25N3O3/c1-14-12-21-18(24)19(9-10-20-13-19)8-4-5-11-25-16-7-3-2-6-15(16)17(23)22-14/h2-7,14,20H,8-13H2,1H3,(H,21,24)(H,22,23)/b5-4+/t14-,19?/m0/s1. The SMILES string of the molecule is C[C@H]1CNC(=O)C2(C/C=C/COc3ccccc3C(=O)N1)CCNC2. The van der Waals surface area contributed by atoms with Gasteiger partial charge in [-0.3, -0.25) is 9.59 Å². The normalized spacial score (nSPS) is 29.1. The molecule has 0 aromatic heterocycles. The van der Waals surface area contributed by atoms with Gasteiger partial charge in [-0.1, -0.05) is 24.3 Å². The van der Waals surface area contributed by atoms with Crippen molar-refractivity contribution in [2.45, 2.75) is 25.8 Å². The van der Waals surface area contributed by atoms with E-state index in [0.29, 0.717) is 37.4 Å². The highest BCUT2D eigenvalue weighted by molar-refractivity contribution is 5.97. The molecule has 3 N–H and O–H groups in total. The summed E-state index contributed by atoms with van der Waals surface area (Å²) in [7, 11) is 0. The van der Waals surface area contributed by atoms with Crippen molar-refractivity contribution in [3.63, 3.8) is 0 Å². The second kappa shape index (κ2) is 7.70. The molecule has 2 amide bonds. The van der Waals surface area contributed by atoms with Gasteiger partial charge in [-0.05, 0) is 38.4 Å². The van der Waals surface area contributed by atoms with Crippen LogP contribution in [0.4, 0.5) is 0 Å². The van der Waals surface area contributed by atoms with Crippen LogP contribution in [0, 0.1) is 5.41 Å². The van der Waals surface area contributed by atoms with Crippen LogP contribution in [0.2, 0.25) is 0 Å². The number of carbonyl (C=O) groups is 2. The number of carbonyl (C=O) groups excluding carboxylic acids is 2. The Morgan fingerprint density at radius 1 is 1.20 bits per heavy atom. The number of nitrogens with one attached hydrogen (secondary N) is 3. The lowest BCUT2D eigenvalue weighted by Crippen LogP contribution is -2.48. The predicted molar refractivity (Wildman–Crippen MR) is 95.6 cm³/mol. The van der Waals surface area contributed by atoms with Gasteiger partial charge in [-0.15, -0.1) is 0 Å². The largest absolute Gasteiger partial charge is 0.489 e. The molecule has 2 aliphatic rings. The third-order valence-corrected chi connectivity index (χ3v) is 4.81. The van der Waals surface area contributed by atoms with E-state index in [1.165, 1.54) is 0 Å². The lowest BCUT2D eigenvalue weighted by atomic mass is 9.82. The number of para-hydroxylation sites is 1. The van der Waals surface area contributed by atoms with Gasteiger partial charge in [-0.2, -0.15) is 0 Å². The van der Waals surface area contributed by atoms with E-state index in [0.717, 1.165) is 13.0 Å². The summed E-state index contributed by atoms with van der Waals surface area (Å²) in [5, 5.41) is 9.21. The summed E-state index contributed by atoms with van der Waals surface area (Å²) in [5.41, 5.74) is 0.0880. The van der Waals surface area contributed by atoms with Gasteiger partial charge >= 0.3 is 0 Å². The lowest BCUT2D eigenvalue weighted by molar-refractivity contribution is -0.130. The average molecular weight is 343 g/mol. The van der Waals surface area contributed by atoms with Crippen LogP contribution in [0.1, 0.15) is 30.1 Å². The molecule has 2 atom stereocenters. The Morgan fingerprint density at radius 2 is 2.04 bits per heavy atom. The molecule has 1 aromatic carbocycles. The maximum Gasteiger partial charge on any atom is 0.255 e. The number of amides is 2. The van der Waals surface area contributed by atoms with E-state index in [9.17, 15) is 9.59 Å². The van der Waals surface area contributed by atoms with E-state index >= 15 is 0 Å². The molecule has 6 nitrogen and oxygen atoms in total. The highest BCUT2D eigenvalue weighted by atomic mass is 16.5. The average Bonchev–Trinajstić information content (AvgIpc) is 3.09. The van der Waals surface area contributed by atoms with Gasteiger partial charge in [0.1, 0.15) is 12.4 Å². The predicted octanol–water partition coefficient (Wildman–Crippen LogP) is 1.24. The van der Waals surface area contributed by atoms with Gasteiger partial charge in [0, 0.05) is 19.1 Å². The van der Waals surface area contributed by atoms with Crippen molar-refractivity contribution in [1.82, 2.24) is 16.0 Å². The Labute approximate surface area is 148 Å². The molecule has 2 aliphatic heterocycles. The molecule has 1 fully saturated rings. The van der Waals surface area contributed by atoms with Gasteiger partial charge < -0.3 is 20.7 Å². The minimum atomic E-state index is -0.414. The number of rotatable bonds is 0. The Kier molecular flexibility index (Phi) is 5.38. The Hall–Kier alpha value is -2.34. The molecule has 1 unspecified atom stereocenters. The molecule has 1 spiro atoms. The minimum absolute atomic E-state index is 0.0432. The van der Waals surface area contributed by atoms with Crippen molar-refractivity contribution in [2.24, 2.45) is 5.41 Å². The number of hydrogen-bond donors (Lipinski definition) is 3. The molecule has 0 bridgehead atoms. The van der Waals surface area contributed by atoms with Gasteiger partial charge in [0.2, 0.25) is 5.91 Å². The van der Waals surface area contributed by atoms with E-state index in [1.807, 2.05) is 31.2 Å². The Balaban J connectivity index is 1.81. The smallest absolute Gasteiger partial charge is 0.255 e. The molecule has 0 saturated carbocycles. The highest BCUT2D eigenvalue weighted by Crippen LogP contribution is 2.30. The maximum absolute atomic E-state index is 12.7. The van der Waals surface area contributed by atoms with Crippen LogP contribution in [0.5, 0.6) is 5.75 Å². The number of hydrogen-bond acceptors (Lipinski definition) is 4. The second-order valence-electron chi connectivity index (χ2n) is 6.77. The molecular weight excluding hydrogens is 318 g/mol. The fourth-order valence-corrected chi connectivity index (χ4v) is 3.29. The summed E-state index contributed by atoms with van der Waals surface area (Å²) in [6.45, 7) is 4.17. The summed E-state index contributed by atoms with van der Waals surface area (Å²) in [6.07, 6.45) is 5.41. The minimum Gasteiger partial charge on any atom is -0.489 e. The number of allylic oxidation sites excluding steroid dienone is 1. The van der Waals surface area contributed by atoms with Crippen molar-refractivity contribution in [1.29, 1.82) is 0 Å². The third kappa shape index (κ3) is 4.02. The van der Waals surface area contributed by atoms with E-state index in [2.05, 4.69) is 16.0 Å². The van der Waals surface area contributed by atoms with E-state index in [1.54, 1.807) is 12.1 Å². The van der Waals surface area contributed by atoms with Crippen LogP contribution in [0.3, 0.4) is 0 Å². The number of fused-ring (bicyclic) bond motifs is 1. The monoisotopic (exact) mass is 343 g/mol. The first-order valence-electron chi connectivity index (χ1n) is 8.77. The zero-order valence-electron chi connectivity index (χ0n) is 14.5. The molecular formula is C19H25N3O3. The summed E-state index contributed by atoms with van der Waals surface area (Å²) in [6, 6.07) is 7.02. The molecule has 0 aliphatic carbocycles. The van der Waals surface area contributed by atoms with Crippen LogP contribution in [0.15, 0.2) is 36.4 Å².